The Morgan fingerprint density at radius 1 is 0.800 bits per heavy atom. The molecular weight excluding hydrogens is 384 g/mol. The number of carbonyl (C=O) groups excluding carboxylic acids is 1. The molecule has 0 spiro atoms. The van der Waals surface area contributed by atoms with Gasteiger partial charge in [-0.1, -0.05) is 6.07 Å². The van der Waals surface area contributed by atoms with Crippen molar-refractivity contribution in [2.45, 2.75) is 40.5 Å². The highest BCUT2D eigenvalue weighted by molar-refractivity contribution is 5.99. The molecule has 2 rings (SSSR count). The summed E-state index contributed by atoms with van der Waals surface area (Å²) in [7, 11) is 1.59. The molecule has 0 aliphatic heterocycles. The van der Waals surface area contributed by atoms with Crippen LogP contribution in [0.15, 0.2) is 30.3 Å². The third-order valence-electron chi connectivity index (χ3n) is 4.41. The maximum Gasteiger partial charge on any atom is 0.171 e. The largest absolute Gasteiger partial charge is 0.494 e. The van der Waals surface area contributed by atoms with Gasteiger partial charge in [0.2, 0.25) is 0 Å². The van der Waals surface area contributed by atoms with Crippen LogP contribution in [0.25, 0.3) is 0 Å². The molecule has 0 atom stereocenters. The Morgan fingerprint density at radius 2 is 1.47 bits per heavy atom. The van der Waals surface area contributed by atoms with Crippen molar-refractivity contribution in [3.05, 3.63) is 41.5 Å². The van der Waals surface area contributed by atoms with Gasteiger partial charge in [0, 0.05) is 18.1 Å². The van der Waals surface area contributed by atoms with E-state index in [0.29, 0.717) is 67.2 Å². The number of benzene rings is 2. The summed E-state index contributed by atoms with van der Waals surface area (Å²) in [5, 5.41) is 0. The number of hydrogen-bond acceptors (Lipinski definition) is 6. The topological polar surface area (TPSA) is 63.2 Å². The summed E-state index contributed by atoms with van der Waals surface area (Å²) in [5.41, 5.74) is 1.39. The molecule has 0 heterocycles. The SMILES string of the molecule is CCOc1cc(CCC(=O)c2cccc(OCC)c2OCC)c(OCC)c(OC)c1. The number of Topliss-reactive ketones (excluding diaryl/α,β-unsaturated/α-hetero) is 1. The molecule has 0 N–H and O–H groups in total. The third-order valence-corrected chi connectivity index (χ3v) is 4.41. The molecule has 164 valence electrons. The van der Waals surface area contributed by atoms with Crippen molar-refractivity contribution in [2.24, 2.45) is 0 Å². The number of aryl methyl sites for hydroxylation is 1. The summed E-state index contributed by atoms with van der Waals surface area (Å²) < 4.78 is 28.3. The van der Waals surface area contributed by atoms with Gasteiger partial charge in [-0.3, -0.25) is 4.79 Å². The maximum atomic E-state index is 13.1. The van der Waals surface area contributed by atoms with E-state index in [1.165, 1.54) is 0 Å². The van der Waals surface area contributed by atoms with Gasteiger partial charge in [0.1, 0.15) is 5.75 Å². The van der Waals surface area contributed by atoms with Crippen LogP contribution in [0, 0.1) is 0 Å². The Bertz CT molecular complexity index is 831. The Kier molecular flexibility index (Phi) is 9.32. The third kappa shape index (κ3) is 5.81. The minimum Gasteiger partial charge on any atom is -0.494 e. The van der Waals surface area contributed by atoms with Crippen LogP contribution in [0.4, 0.5) is 0 Å². The van der Waals surface area contributed by atoms with Crippen LogP contribution in [-0.4, -0.2) is 39.3 Å². The second-order valence-corrected chi connectivity index (χ2v) is 6.40. The number of methoxy groups -OCH3 is 1. The first kappa shape index (κ1) is 23.4. The van der Waals surface area contributed by atoms with Gasteiger partial charge in [-0.2, -0.15) is 0 Å². The summed E-state index contributed by atoms with van der Waals surface area (Å²) in [6.07, 6.45) is 0.768. The number of hydrogen-bond donors (Lipinski definition) is 0. The number of carbonyl (C=O) groups is 1. The summed E-state index contributed by atoms with van der Waals surface area (Å²) in [5.74, 6) is 2.98. The van der Waals surface area contributed by atoms with Crippen LogP contribution in [-0.2, 0) is 6.42 Å². The molecule has 6 heteroatoms. The van der Waals surface area contributed by atoms with E-state index in [4.69, 9.17) is 23.7 Å². The van der Waals surface area contributed by atoms with E-state index in [9.17, 15) is 4.79 Å². The summed E-state index contributed by atoms with van der Waals surface area (Å²) in [6, 6.07) is 9.11. The highest BCUT2D eigenvalue weighted by atomic mass is 16.5. The van der Waals surface area contributed by atoms with Crippen LogP contribution in [0.2, 0.25) is 0 Å². The fourth-order valence-corrected chi connectivity index (χ4v) is 3.21. The van der Waals surface area contributed by atoms with E-state index in [1.54, 1.807) is 19.2 Å². The van der Waals surface area contributed by atoms with Gasteiger partial charge in [-0.25, -0.2) is 0 Å². The van der Waals surface area contributed by atoms with Crippen molar-refractivity contribution >= 4 is 5.78 Å². The molecule has 0 radical (unpaired) electrons. The lowest BCUT2D eigenvalue weighted by molar-refractivity contribution is 0.0978. The zero-order chi connectivity index (χ0) is 21.9. The molecule has 0 fully saturated rings. The molecule has 0 bridgehead atoms. The molecule has 0 aliphatic carbocycles. The van der Waals surface area contributed by atoms with Gasteiger partial charge >= 0.3 is 0 Å². The number of rotatable bonds is 13. The predicted molar refractivity (Wildman–Crippen MR) is 117 cm³/mol. The van der Waals surface area contributed by atoms with Gasteiger partial charge in [0.25, 0.3) is 0 Å². The number of ether oxygens (including phenoxy) is 5. The molecule has 0 unspecified atom stereocenters. The maximum absolute atomic E-state index is 13.1. The van der Waals surface area contributed by atoms with Crippen LogP contribution < -0.4 is 23.7 Å². The highest BCUT2D eigenvalue weighted by Gasteiger charge is 2.19. The summed E-state index contributed by atoms with van der Waals surface area (Å²) in [6.45, 7) is 9.61. The Morgan fingerprint density at radius 3 is 2.10 bits per heavy atom. The van der Waals surface area contributed by atoms with Crippen LogP contribution >= 0.6 is 0 Å². The molecule has 2 aromatic rings. The van der Waals surface area contributed by atoms with Gasteiger partial charge < -0.3 is 23.7 Å². The van der Waals surface area contributed by atoms with Gasteiger partial charge in [0.05, 0.1) is 39.1 Å². The first-order valence-corrected chi connectivity index (χ1v) is 10.5. The Labute approximate surface area is 179 Å². The standard InChI is InChI=1S/C24H32O6/c1-6-27-18-15-17(23(29-8-3)22(16-18)26-5)13-14-20(25)19-11-10-12-21(28-7-2)24(19)30-9-4/h10-12,15-16H,6-9,13-14H2,1-5H3. The quantitative estimate of drug-likeness (QED) is 0.423. The second kappa shape index (κ2) is 12.0. The molecule has 0 saturated carbocycles. The van der Waals surface area contributed by atoms with E-state index in [-0.39, 0.29) is 12.2 Å². The van der Waals surface area contributed by atoms with Crippen molar-refractivity contribution < 1.29 is 28.5 Å². The zero-order valence-electron chi connectivity index (χ0n) is 18.6. The van der Waals surface area contributed by atoms with Gasteiger partial charge in [0.15, 0.2) is 28.8 Å². The van der Waals surface area contributed by atoms with E-state index >= 15 is 0 Å². The van der Waals surface area contributed by atoms with Crippen molar-refractivity contribution in [3.8, 4) is 28.7 Å². The van der Waals surface area contributed by atoms with Crippen molar-refractivity contribution in [3.63, 3.8) is 0 Å². The van der Waals surface area contributed by atoms with E-state index < -0.39 is 0 Å². The molecular formula is C24H32O6. The molecule has 6 nitrogen and oxygen atoms in total. The Balaban J connectivity index is 2.31. The van der Waals surface area contributed by atoms with E-state index in [0.717, 1.165) is 5.56 Å². The molecule has 30 heavy (non-hydrogen) atoms. The van der Waals surface area contributed by atoms with Crippen molar-refractivity contribution in [1.82, 2.24) is 0 Å². The fraction of sp³-hybridized carbons (Fsp3) is 0.458. The lowest BCUT2D eigenvalue weighted by atomic mass is 10.0. The van der Waals surface area contributed by atoms with Gasteiger partial charge in [-0.15, -0.1) is 0 Å². The monoisotopic (exact) mass is 416 g/mol. The van der Waals surface area contributed by atoms with Crippen molar-refractivity contribution in [2.75, 3.05) is 33.5 Å². The molecule has 0 aliphatic rings. The highest BCUT2D eigenvalue weighted by Crippen LogP contribution is 2.37. The average Bonchev–Trinajstić information content (AvgIpc) is 2.75. The second-order valence-electron chi connectivity index (χ2n) is 6.40. The van der Waals surface area contributed by atoms with E-state index in [1.807, 2.05) is 45.9 Å². The van der Waals surface area contributed by atoms with Crippen LogP contribution in [0.5, 0.6) is 28.7 Å². The Hall–Kier alpha value is -2.89. The summed E-state index contributed by atoms with van der Waals surface area (Å²) >= 11 is 0. The minimum atomic E-state index is -0.0248. The first-order chi connectivity index (χ1) is 14.6. The van der Waals surface area contributed by atoms with Crippen LogP contribution in [0.1, 0.15) is 50.0 Å². The average molecular weight is 417 g/mol. The zero-order valence-corrected chi connectivity index (χ0v) is 18.6. The number of ketones is 1. The van der Waals surface area contributed by atoms with Crippen molar-refractivity contribution in [1.29, 1.82) is 0 Å². The lowest BCUT2D eigenvalue weighted by Crippen LogP contribution is -2.08. The van der Waals surface area contributed by atoms with Crippen LogP contribution in [0.3, 0.4) is 0 Å². The number of para-hydroxylation sites is 1. The fourth-order valence-electron chi connectivity index (χ4n) is 3.21. The predicted octanol–water partition coefficient (Wildman–Crippen LogP) is 5.11. The lowest BCUT2D eigenvalue weighted by Gasteiger charge is -2.17. The van der Waals surface area contributed by atoms with E-state index in [2.05, 4.69) is 0 Å². The van der Waals surface area contributed by atoms with Gasteiger partial charge in [-0.05, 0) is 52.3 Å². The molecule has 0 amide bonds. The summed E-state index contributed by atoms with van der Waals surface area (Å²) in [4.78, 5) is 13.1. The normalized spacial score (nSPS) is 10.4. The smallest absolute Gasteiger partial charge is 0.171 e. The molecule has 2 aromatic carbocycles. The molecule has 0 saturated heterocycles. The molecule has 0 aromatic heterocycles. The first-order valence-electron chi connectivity index (χ1n) is 10.5. The minimum absolute atomic E-state index is 0.0248.